The van der Waals surface area contributed by atoms with Crippen molar-refractivity contribution >= 4 is 38.6 Å². The van der Waals surface area contributed by atoms with Gasteiger partial charge in [0.25, 0.3) is 0 Å². The molecule has 1 unspecified atom stereocenters. The Morgan fingerprint density at radius 3 is 2.54 bits per heavy atom. The smallest absolute Gasteiger partial charge is 0.419 e. The number of pyridine rings is 1. The lowest BCUT2D eigenvalue weighted by Crippen LogP contribution is -2.43. The van der Waals surface area contributed by atoms with Crippen molar-refractivity contribution < 1.29 is 27.8 Å². The van der Waals surface area contributed by atoms with Crippen LogP contribution in [0.1, 0.15) is 19.8 Å². The van der Waals surface area contributed by atoms with E-state index in [0.29, 0.717) is 19.1 Å². The van der Waals surface area contributed by atoms with Crippen LogP contribution in [-0.4, -0.2) is 77.6 Å². The summed E-state index contributed by atoms with van der Waals surface area (Å²) in [6.07, 6.45) is 2.04. The molecular formula is C23H33N5O6S. The maximum Gasteiger partial charge on any atom is 0.419 e. The van der Waals surface area contributed by atoms with Gasteiger partial charge in [0, 0.05) is 56.1 Å². The summed E-state index contributed by atoms with van der Waals surface area (Å²) >= 11 is 0. The molecular weight excluding hydrogens is 474 g/mol. The molecule has 35 heavy (non-hydrogen) atoms. The predicted octanol–water partition coefficient (Wildman–Crippen LogP) is 2.03. The fourth-order valence-electron chi connectivity index (χ4n) is 4.91. The lowest BCUT2D eigenvalue weighted by atomic mass is 9.85. The van der Waals surface area contributed by atoms with E-state index >= 15 is 0 Å². The zero-order valence-corrected chi connectivity index (χ0v) is 20.9. The summed E-state index contributed by atoms with van der Waals surface area (Å²) in [6.45, 7) is 6.87. The molecule has 0 bridgehead atoms. The monoisotopic (exact) mass is 507 g/mol. The molecule has 2 aliphatic heterocycles. The Hall–Kier alpha value is -2.83. The molecule has 11 nitrogen and oxygen atoms in total. The molecule has 3 heterocycles. The van der Waals surface area contributed by atoms with Crippen LogP contribution in [-0.2, 0) is 14.9 Å². The van der Waals surface area contributed by atoms with Gasteiger partial charge in [-0.2, -0.15) is 13.1 Å². The normalized spacial score (nSPS) is 18.5. The lowest BCUT2D eigenvalue weighted by Gasteiger charge is -2.37. The third-order valence-electron chi connectivity index (χ3n) is 6.87. The van der Waals surface area contributed by atoms with Crippen molar-refractivity contribution in [2.24, 2.45) is 11.8 Å². The summed E-state index contributed by atoms with van der Waals surface area (Å²) in [6, 6.07) is 6.21. The summed E-state index contributed by atoms with van der Waals surface area (Å²) in [4.78, 5) is 19.8. The number of hydrogen-bond acceptors (Lipinski definition) is 8. The molecule has 0 saturated carbocycles. The Kier molecular flexibility index (Phi) is 7.82. The van der Waals surface area contributed by atoms with E-state index in [-0.39, 0.29) is 12.5 Å². The number of aromatic nitrogens is 1. The number of fused-ring (bicyclic) bond motifs is 1. The van der Waals surface area contributed by atoms with Crippen molar-refractivity contribution in [3.63, 3.8) is 0 Å². The van der Waals surface area contributed by atoms with Crippen LogP contribution in [0.5, 0.6) is 5.75 Å². The fourth-order valence-corrected chi connectivity index (χ4v) is 5.69. The molecule has 0 radical (unpaired) electrons. The number of piperidine rings is 1. The topological polar surface area (TPSA) is 133 Å². The molecule has 1 amide bonds. The molecule has 3 N–H and O–H groups in total. The number of nitrogens with zero attached hydrogens (tertiary/aromatic N) is 3. The van der Waals surface area contributed by atoms with Crippen LogP contribution in [0.2, 0.25) is 0 Å². The Bertz CT molecular complexity index is 1150. The molecule has 4 rings (SSSR count). The average molecular weight is 508 g/mol. The molecule has 2 aliphatic rings. The van der Waals surface area contributed by atoms with E-state index in [1.165, 1.54) is 4.72 Å². The molecule has 2 saturated heterocycles. The first-order valence-electron chi connectivity index (χ1n) is 11.8. The lowest BCUT2D eigenvalue weighted by molar-refractivity contribution is 0.122. The van der Waals surface area contributed by atoms with E-state index in [1.807, 2.05) is 25.3 Å². The summed E-state index contributed by atoms with van der Waals surface area (Å²) in [5.41, 5.74) is 3.06. The van der Waals surface area contributed by atoms with Gasteiger partial charge >= 0.3 is 16.3 Å². The summed E-state index contributed by atoms with van der Waals surface area (Å²) in [5, 5.41) is 9.72. The first-order chi connectivity index (χ1) is 16.8. The van der Waals surface area contributed by atoms with Crippen LogP contribution in [0, 0.1) is 11.8 Å². The van der Waals surface area contributed by atoms with E-state index in [4.69, 9.17) is 14.6 Å². The summed E-state index contributed by atoms with van der Waals surface area (Å²) in [7, 11) is -2.37. The highest BCUT2D eigenvalue weighted by atomic mass is 32.2. The van der Waals surface area contributed by atoms with Crippen LogP contribution >= 0.6 is 0 Å². The second-order valence-corrected chi connectivity index (χ2v) is 10.5. The first kappa shape index (κ1) is 25.3. The SMILES string of the molecule is COc1cc2nccc(N3CCC(C(C)CNS(=O)(=O)NC(=O)O)CC3)c2cc1N1CCOCC1. The molecule has 2 fully saturated rings. The van der Waals surface area contributed by atoms with Crippen molar-refractivity contribution in [1.29, 1.82) is 0 Å². The minimum absolute atomic E-state index is 0.0777. The van der Waals surface area contributed by atoms with Gasteiger partial charge < -0.3 is 24.4 Å². The zero-order chi connectivity index (χ0) is 25.0. The minimum atomic E-state index is -4.05. The van der Waals surface area contributed by atoms with Gasteiger partial charge in [-0.05, 0) is 36.8 Å². The van der Waals surface area contributed by atoms with E-state index in [2.05, 4.69) is 25.6 Å². The number of ether oxygens (including phenoxy) is 2. The molecule has 1 atom stereocenters. The number of anilines is 2. The molecule has 12 heteroatoms. The number of benzene rings is 1. The van der Waals surface area contributed by atoms with E-state index in [9.17, 15) is 13.2 Å². The van der Waals surface area contributed by atoms with Gasteiger partial charge in [0.05, 0.1) is 31.5 Å². The van der Waals surface area contributed by atoms with Gasteiger partial charge in [0.2, 0.25) is 0 Å². The maximum absolute atomic E-state index is 11.7. The second-order valence-electron chi connectivity index (χ2n) is 9.03. The number of nitrogens with one attached hydrogen (secondary N) is 2. The van der Waals surface area contributed by atoms with Crippen molar-refractivity contribution in [2.45, 2.75) is 19.8 Å². The molecule has 2 aromatic rings. The number of hydrogen-bond donors (Lipinski definition) is 3. The summed E-state index contributed by atoms with van der Waals surface area (Å²) in [5.74, 6) is 1.21. The fraction of sp³-hybridized carbons (Fsp3) is 0.565. The largest absolute Gasteiger partial charge is 0.495 e. The zero-order valence-electron chi connectivity index (χ0n) is 20.1. The Morgan fingerprint density at radius 1 is 1.20 bits per heavy atom. The van der Waals surface area contributed by atoms with Gasteiger partial charge in [-0.3, -0.25) is 4.98 Å². The van der Waals surface area contributed by atoms with E-state index in [0.717, 1.165) is 67.0 Å². The molecule has 0 aliphatic carbocycles. The van der Waals surface area contributed by atoms with E-state index < -0.39 is 16.3 Å². The number of carbonyl (C=O) groups is 1. The van der Waals surface area contributed by atoms with Crippen LogP contribution in [0.15, 0.2) is 24.4 Å². The molecule has 1 aromatic carbocycles. The van der Waals surface area contributed by atoms with Crippen LogP contribution in [0.4, 0.5) is 16.2 Å². The van der Waals surface area contributed by atoms with Gasteiger partial charge in [-0.1, -0.05) is 6.92 Å². The Balaban J connectivity index is 1.46. The number of methoxy groups -OCH3 is 1. The number of amides is 1. The van der Waals surface area contributed by atoms with Gasteiger partial charge in [-0.25, -0.2) is 9.52 Å². The number of carboxylic acid groups (broad SMARTS) is 1. The highest BCUT2D eigenvalue weighted by molar-refractivity contribution is 7.88. The van der Waals surface area contributed by atoms with Crippen molar-refractivity contribution in [1.82, 2.24) is 14.4 Å². The third kappa shape index (κ3) is 6.06. The van der Waals surface area contributed by atoms with Gasteiger partial charge in [0.1, 0.15) is 5.75 Å². The minimum Gasteiger partial charge on any atom is -0.495 e. The standard InChI is InChI=1S/C23H33N5O6S/c1-16(15-25-35(31,32)26-23(29)30)17-4-7-27(8-5-17)20-3-6-24-19-14-22(33-2)21(13-18(19)20)28-9-11-34-12-10-28/h3,6,13-14,16-17,25-26H,4-5,7-12,15H2,1-2H3,(H,29,30). The quantitative estimate of drug-likeness (QED) is 0.491. The van der Waals surface area contributed by atoms with Gasteiger partial charge in [-0.15, -0.1) is 0 Å². The van der Waals surface area contributed by atoms with Crippen LogP contribution in [0.3, 0.4) is 0 Å². The van der Waals surface area contributed by atoms with Crippen LogP contribution in [0.25, 0.3) is 10.9 Å². The Morgan fingerprint density at radius 2 is 1.89 bits per heavy atom. The molecule has 1 aromatic heterocycles. The predicted molar refractivity (Wildman–Crippen MR) is 134 cm³/mol. The average Bonchev–Trinajstić information content (AvgIpc) is 2.86. The second kappa shape index (κ2) is 10.8. The van der Waals surface area contributed by atoms with Gasteiger partial charge in [0.15, 0.2) is 0 Å². The molecule has 192 valence electrons. The van der Waals surface area contributed by atoms with Crippen LogP contribution < -0.4 is 24.0 Å². The third-order valence-corrected chi connectivity index (χ3v) is 7.86. The van der Waals surface area contributed by atoms with E-state index in [1.54, 1.807) is 7.11 Å². The Labute approximate surface area is 205 Å². The van der Waals surface area contributed by atoms with Crippen molar-refractivity contribution in [3.05, 3.63) is 24.4 Å². The molecule has 0 spiro atoms. The van der Waals surface area contributed by atoms with Crippen molar-refractivity contribution in [3.8, 4) is 5.75 Å². The number of rotatable bonds is 8. The number of morpholine rings is 1. The highest BCUT2D eigenvalue weighted by Crippen LogP contribution is 2.38. The maximum atomic E-state index is 11.7. The highest BCUT2D eigenvalue weighted by Gasteiger charge is 2.27. The van der Waals surface area contributed by atoms with Crippen molar-refractivity contribution in [2.75, 3.05) is 62.8 Å². The first-order valence-corrected chi connectivity index (χ1v) is 13.3. The summed E-state index contributed by atoms with van der Waals surface area (Å²) < 4.78 is 38.5.